The second kappa shape index (κ2) is 7.48. The van der Waals surface area contributed by atoms with Crippen LogP contribution in [0.2, 0.25) is 0 Å². The summed E-state index contributed by atoms with van der Waals surface area (Å²) in [6.45, 7) is 2.02. The highest BCUT2D eigenvalue weighted by atomic mass is 16.5. The van der Waals surface area contributed by atoms with Crippen LogP contribution in [0.5, 0.6) is 5.75 Å². The zero-order valence-electron chi connectivity index (χ0n) is 17.0. The number of pyridine rings is 1. The predicted molar refractivity (Wildman–Crippen MR) is 116 cm³/mol. The van der Waals surface area contributed by atoms with Gasteiger partial charge in [-0.1, -0.05) is 30.3 Å². The first kappa shape index (κ1) is 18.7. The third-order valence-corrected chi connectivity index (χ3v) is 6.31. The van der Waals surface area contributed by atoms with Crippen LogP contribution in [0, 0.1) is 5.92 Å². The summed E-state index contributed by atoms with van der Waals surface area (Å²) in [7, 11) is 1.63. The average Bonchev–Trinajstić information content (AvgIpc) is 2.80. The minimum Gasteiger partial charge on any atom is -0.497 e. The number of nitrogens with zero attached hydrogens (tertiary/aromatic N) is 2. The molecular weight excluding hydrogens is 376 g/mol. The maximum absolute atomic E-state index is 13.3. The molecule has 0 saturated carbocycles. The van der Waals surface area contributed by atoms with E-state index in [0.717, 1.165) is 29.0 Å². The number of carbonyl (C=O) groups is 1. The quantitative estimate of drug-likeness (QED) is 0.672. The largest absolute Gasteiger partial charge is 0.497 e. The predicted octanol–water partition coefficient (Wildman–Crippen LogP) is 3.78. The molecule has 1 amide bonds. The monoisotopic (exact) mass is 400 g/mol. The number of piperidine rings is 1. The number of benzene rings is 2. The van der Waals surface area contributed by atoms with E-state index in [1.165, 1.54) is 0 Å². The summed E-state index contributed by atoms with van der Waals surface area (Å²) in [5.74, 6) is 1.35. The highest BCUT2D eigenvalue weighted by Gasteiger charge is 2.36. The Morgan fingerprint density at radius 1 is 0.933 bits per heavy atom. The van der Waals surface area contributed by atoms with E-state index in [0.29, 0.717) is 31.1 Å². The second-order valence-electron chi connectivity index (χ2n) is 8.19. The van der Waals surface area contributed by atoms with Crippen LogP contribution in [0.25, 0.3) is 11.1 Å². The van der Waals surface area contributed by atoms with E-state index in [-0.39, 0.29) is 17.4 Å². The molecule has 2 aliphatic heterocycles. The van der Waals surface area contributed by atoms with Crippen LogP contribution >= 0.6 is 0 Å². The van der Waals surface area contributed by atoms with E-state index < -0.39 is 0 Å². The van der Waals surface area contributed by atoms with Crippen LogP contribution < -0.4 is 10.3 Å². The van der Waals surface area contributed by atoms with Crippen molar-refractivity contribution < 1.29 is 9.53 Å². The average molecular weight is 400 g/mol. The third-order valence-electron chi connectivity index (χ3n) is 6.31. The normalized spacial score (nSPS) is 19.8. The molecule has 2 aliphatic rings. The van der Waals surface area contributed by atoms with Gasteiger partial charge < -0.3 is 14.2 Å². The van der Waals surface area contributed by atoms with Gasteiger partial charge in [-0.25, -0.2) is 0 Å². The zero-order chi connectivity index (χ0) is 20.7. The number of methoxy groups -OCH3 is 1. The summed E-state index contributed by atoms with van der Waals surface area (Å²) < 4.78 is 7.16. The number of hydrogen-bond donors (Lipinski definition) is 0. The molecule has 0 radical (unpaired) electrons. The Balaban J connectivity index is 1.45. The maximum atomic E-state index is 13.3. The van der Waals surface area contributed by atoms with Gasteiger partial charge in [0.1, 0.15) is 5.75 Å². The van der Waals surface area contributed by atoms with Gasteiger partial charge in [0.05, 0.1) is 7.11 Å². The van der Waals surface area contributed by atoms with E-state index >= 15 is 0 Å². The van der Waals surface area contributed by atoms with Crippen molar-refractivity contribution in [3.05, 3.63) is 88.3 Å². The van der Waals surface area contributed by atoms with E-state index in [2.05, 4.69) is 6.07 Å². The molecule has 2 atom stereocenters. The Hall–Kier alpha value is -3.34. The van der Waals surface area contributed by atoms with Gasteiger partial charge in [0.15, 0.2) is 0 Å². The summed E-state index contributed by atoms with van der Waals surface area (Å²) in [5, 5.41) is 0. The highest BCUT2D eigenvalue weighted by Crippen LogP contribution is 2.36. The van der Waals surface area contributed by atoms with E-state index in [4.69, 9.17) is 4.74 Å². The number of fused-ring (bicyclic) bond motifs is 4. The lowest BCUT2D eigenvalue weighted by Gasteiger charge is -2.43. The first-order chi connectivity index (χ1) is 14.6. The Labute approximate surface area is 175 Å². The van der Waals surface area contributed by atoms with Crippen molar-refractivity contribution in [2.75, 3.05) is 20.2 Å². The summed E-state index contributed by atoms with van der Waals surface area (Å²) in [6.07, 6.45) is 1.03. The summed E-state index contributed by atoms with van der Waals surface area (Å²) in [4.78, 5) is 28.2. The number of aromatic nitrogens is 1. The van der Waals surface area contributed by atoms with Gasteiger partial charge >= 0.3 is 0 Å². The van der Waals surface area contributed by atoms with Crippen LogP contribution in [-0.4, -0.2) is 35.6 Å². The van der Waals surface area contributed by atoms with Crippen LogP contribution in [0.15, 0.2) is 71.5 Å². The molecule has 2 aromatic carbocycles. The van der Waals surface area contributed by atoms with Crippen molar-refractivity contribution in [3.8, 4) is 16.9 Å². The number of rotatable bonds is 3. The number of hydrogen-bond acceptors (Lipinski definition) is 3. The van der Waals surface area contributed by atoms with Crippen LogP contribution in [-0.2, 0) is 6.54 Å². The van der Waals surface area contributed by atoms with Crippen molar-refractivity contribution >= 4 is 5.91 Å². The van der Waals surface area contributed by atoms with Crippen LogP contribution in [0.3, 0.4) is 0 Å². The number of likely N-dealkylation sites (tertiary alicyclic amines) is 1. The lowest BCUT2D eigenvalue weighted by atomic mass is 9.82. The SMILES string of the molecule is COc1ccc(-c2ccc3n(c2=O)CC2CC3CN(C(=O)c3ccccc3)C2)cc1. The molecule has 3 heterocycles. The van der Waals surface area contributed by atoms with Crippen molar-refractivity contribution in [1.82, 2.24) is 9.47 Å². The van der Waals surface area contributed by atoms with Crippen molar-refractivity contribution in [1.29, 1.82) is 0 Å². The lowest BCUT2D eigenvalue weighted by molar-refractivity contribution is 0.0594. The lowest BCUT2D eigenvalue weighted by Crippen LogP contribution is -2.49. The molecule has 0 aliphatic carbocycles. The van der Waals surface area contributed by atoms with Gasteiger partial charge in [0.2, 0.25) is 0 Å². The van der Waals surface area contributed by atoms with Gasteiger partial charge in [0.25, 0.3) is 11.5 Å². The molecule has 152 valence electrons. The fourth-order valence-electron chi connectivity index (χ4n) is 4.87. The topological polar surface area (TPSA) is 51.5 Å². The standard InChI is InChI=1S/C25H24N2O3/c1-30-21-9-7-18(8-10-21)22-11-12-23-20-13-17(15-27(23)25(22)29)14-26(16-20)24(28)19-5-3-2-4-6-19/h2-12,17,20H,13-16H2,1H3. The molecule has 3 aromatic rings. The first-order valence-electron chi connectivity index (χ1n) is 10.4. The van der Waals surface area contributed by atoms with Crippen LogP contribution in [0.4, 0.5) is 0 Å². The molecule has 5 nitrogen and oxygen atoms in total. The van der Waals surface area contributed by atoms with E-state index in [9.17, 15) is 9.59 Å². The summed E-state index contributed by atoms with van der Waals surface area (Å²) >= 11 is 0. The summed E-state index contributed by atoms with van der Waals surface area (Å²) in [5.41, 5.74) is 3.42. The molecule has 1 fully saturated rings. The minimum absolute atomic E-state index is 0.0511. The van der Waals surface area contributed by atoms with Crippen LogP contribution in [0.1, 0.15) is 28.4 Å². The Morgan fingerprint density at radius 3 is 2.43 bits per heavy atom. The molecule has 5 heteroatoms. The van der Waals surface area contributed by atoms with Gasteiger partial charge in [-0.3, -0.25) is 9.59 Å². The van der Waals surface area contributed by atoms with Gasteiger partial charge in [-0.15, -0.1) is 0 Å². The number of amides is 1. The Bertz CT molecular complexity index is 1140. The molecule has 1 saturated heterocycles. The molecule has 2 unspecified atom stereocenters. The number of carbonyl (C=O) groups excluding carboxylic acids is 1. The van der Waals surface area contributed by atoms with E-state index in [1.807, 2.05) is 70.1 Å². The fourth-order valence-corrected chi connectivity index (χ4v) is 4.87. The zero-order valence-corrected chi connectivity index (χ0v) is 17.0. The fraction of sp³-hybridized carbons (Fsp3) is 0.280. The maximum Gasteiger partial charge on any atom is 0.258 e. The first-order valence-corrected chi connectivity index (χ1v) is 10.4. The molecule has 0 N–H and O–H groups in total. The second-order valence-corrected chi connectivity index (χ2v) is 8.19. The Kier molecular flexibility index (Phi) is 4.66. The molecular formula is C25H24N2O3. The molecule has 30 heavy (non-hydrogen) atoms. The van der Waals surface area contributed by atoms with Gasteiger partial charge in [-0.2, -0.15) is 0 Å². The molecule has 0 spiro atoms. The highest BCUT2D eigenvalue weighted by molar-refractivity contribution is 5.94. The molecule has 2 bridgehead atoms. The summed E-state index contributed by atoms with van der Waals surface area (Å²) in [6, 6.07) is 21.0. The third kappa shape index (κ3) is 3.20. The van der Waals surface area contributed by atoms with Crippen molar-refractivity contribution in [2.24, 2.45) is 5.92 Å². The van der Waals surface area contributed by atoms with Crippen molar-refractivity contribution in [3.63, 3.8) is 0 Å². The van der Waals surface area contributed by atoms with Crippen molar-refractivity contribution in [2.45, 2.75) is 18.9 Å². The van der Waals surface area contributed by atoms with Gasteiger partial charge in [0, 0.05) is 42.4 Å². The molecule has 1 aromatic heterocycles. The van der Waals surface area contributed by atoms with Gasteiger partial charge in [-0.05, 0) is 54.3 Å². The number of ether oxygens (including phenoxy) is 1. The Morgan fingerprint density at radius 2 is 1.70 bits per heavy atom. The van der Waals surface area contributed by atoms with E-state index in [1.54, 1.807) is 7.11 Å². The minimum atomic E-state index is 0.0511. The molecule has 5 rings (SSSR count). The smallest absolute Gasteiger partial charge is 0.258 e.